The smallest absolute Gasteiger partial charge is 0.251 e. The lowest BCUT2D eigenvalue weighted by Crippen LogP contribution is -2.24. The Morgan fingerprint density at radius 1 is 0.842 bits per heavy atom. The highest BCUT2D eigenvalue weighted by Gasteiger charge is 2.11. The maximum absolute atomic E-state index is 13.0. The van der Waals surface area contributed by atoms with Gasteiger partial charge < -0.3 is 14.6 Å². The molecule has 4 aromatic carbocycles. The summed E-state index contributed by atoms with van der Waals surface area (Å²) in [6.45, 7) is 2.08. The number of ether oxygens (including phenoxy) is 1. The number of amides is 1. The van der Waals surface area contributed by atoms with Gasteiger partial charge in [-0.1, -0.05) is 48.9 Å². The highest BCUT2D eigenvalue weighted by Crippen LogP contribution is 2.22. The van der Waals surface area contributed by atoms with Crippen LogP contribution in [0.1, 0.15) is 41.9 Å². The van der Waals surface area contributed by atoms with E-state index in [4.69, 9.17) is 9.72 Å². The van der Waals surface area contributed by atoms with Crippen LogP contribution in [0.5, 0.6) is 5.75 Å². The summed E-state index contributed by atoms with van der Waals surface area (Å²) < 4.78 is 21.4. The van der Waals surface area contributed by atoms with Crippen molar-refractivity contribution in [3.05, 3.63) is 108 Å². The van der Waals surface area contributed by atoms with E-state index in [0.29, 0.717) is 18.7 Å². The minimum Gasteiger partial charge on any atom is -0.494 e. The Hall–Kier alpha value is -4.19. The Bertz CT molecular complexity index is 1510. The van der Waals surface area contributed by atoms with Crippen LogP contribution >= 0.6 is 0 Å². The molecule has 194 valence electrons. The van der Waals surface area contributed by atoms with Crippen molar-refractivity contribution >= 4 is 27.7 Å². The fourth-order valence-corrected chi connectivity index (χ4v) is 4.73. The highest BCUT2D eigenvalue weighted by molar-refractivity contribution is 5.94. The van der Waals surface area contributed by atoms with E-state index >= 15 is 0 Å². The van der Waals surface area contributed by atoms with Crippen molar-refractivity contribution in [1.29, 1.82) is 0 Å². The molecule has 5 rings (SSSR count). The third-order valence-electron chi connectivity index (χ3n) is 6.72. The van der Waals surface area contributed by atoms with Gasteiger partial charge in [-0.25, -0.2) is 9.37 Å². The summed E-state index contributed by atoms with van der Waals surface area (Å²) in [5.74, 6) is 1.47. The first-order chi connectivity index (χ1) is 18.7. The van der Waals surface area contributed by atoms with Crippen LogP contribution in [0.4, 0.5) is 4.39 Å². The topological polar surface area (TPSA) is 56.2 Å². The van der Waals surface area contributed by atoms with E-state index in [2.05, 4.69) is 52.3 Å². The van der Waals surface area contributed by atoms with Crippen molar-refractivity contribution in [2.24, 2.45) is 0 Å². The number of benzene rings is 4. The fourth-order valence-electron chi connectivity index (χ4n) is 4.73. The summed E-state index contributed by atoms with van der Waals surface area (Å²) in [6.07, 6.45) is 4.62. The van der Waals surface area contributed by atoms with Crippen molar-refractivity contribution in [1.82, 2.24) is 14.9 Å². The monoisotopic (exact) mass is 509 g/mol. The number of nitrogens with one attached hydrogen (secondary N) is 1. The lowest BCUT2D eigenvalue weighted by molar-refractivity contribution is 0.0953. The molecule has 0 radical (unpaired) electrons. The van der Waals surface area contributed by atoms with E-state index in [9.17, 15) is 9.18 Å². The summed E-state index contributed by atoms with van der Waals surface area (Å²) in [7, 11) is 0. The van der Waals surface area contributed by atoms with Crippen molar-refractivity contribution in [2.75, 3.05) is 13.2 Å². The number of hydrogen-bond acceptors (Lipinski definition) is 3. The second-order valence-corrected chi connectivity index (χ2v) is 9.45. The van der Waals surface area contributed by atoms with E-state index < -0.39 is 0 Å². The molecule has 0 aliphatic rings. The maximum Gasteiger partial charge on any atom is 0.251 e. The third kappa shape index (κ3) is 6.38. The van der Waals surface area contributed by atoms with Crippen LogP contribution < -0.4 is 10.1 Å². The molecule has 38 heavy (non-hydrogen) atoms. The van der Waals surface area contributed by atoms with Gasteiger partial charge in [-0.05, 0) is 78.6 Å². The van der Waals surface area contributed by atoms with E-state index in [1.165, 1.54) is 35.0 Å². The number of carbonyl (C=O) groups excluding carboxylic acids is 1. The number of carbonyl (C=O) groups is 1. The van der Waals surface area contributed by atoms with Crippen LogP contribution in [-0.2, 0) is 13.0 Å². The molecule has 0 aliphatic carbocycles. The summed E-state index contributed by atoms with van der Waals surface area (Å²) in [5, 5.41) is 5.31. The first kappa shape index (κ1) is 25.5. The number of imidazole rings is 1. The standard InChI is InChI=1S/C32H32FN3O2/c33-27-17-14-25(15-18-27)32(37)34-20-7-1-2-13-31-35-29-11-5-6-12-30(29)36(31)21-8-22-38-28-19-16-24-9-3-4-10-26(24)23-28/h3-6,9-12,14-19,23H,1-2,7-8,13,20-22H2,(H,34,37). The molecule has 0 bridgehead atoms. The van der Waals surface area contributed by atoms with E-state index in [-0.39, 0.29) is 11.7 Å². The molecule has 0 fully saturated rings. The van der Waals surface area contributed by atoms with Gasteiger partial charge >= 0.3 is 0 Å². The molecule has 0 saturated heterocycles. The summed E-state index contributed by atoms with van der Waals surface area (Å²) in [5.41, 5.74) is 2.65. The Morgan fingerprint density at radius 2 is 1.63 bits per heavy atom. The van der Waals surface area contributed by atoms with E-state index in [1.807, 2.05) is 24.3 Å². The van der Waals surface area contributed by atoms with Gasteiger partial charge in [-0.15, -0.1) is 0 Å². The Balaban J connectivity index is 1.10. The van der Waals surface area contributed by atoms with Gasteiger partial charge in [-0.3, -0.25) is 4.79 Å². The van der Waals surface area contributed by atoms with Gasteiger partial charge in [0.2, 0.25) is 0 Å². The second kappa shape index (κ2) is 12.4. The first-order valence-electron chi connectivity index (χ1n) is 13.3. The fraction of sp³-hybridized carbons (Fsp3) is 0.250. The number of nitrogens with zero attached hydrogens (tertiary/aromatic N) is 2. The molecule has 1 aromatic heterocycles. The van der Waals surface area contributed by atoms with Crippen LogP contribution in [-0.4, -0.2) is 28.6 Å². The minimum absolute atomic E-state index is 0.169. The lowest BCUT2D eigenvalue weighted by Gasteiger charge is -2.11. The molecule has 0 saturated carbocycles. The lowest BCUT2D eigenvalue weighted by atomic mass is 10.1. The Labute approximate surface area is 222 Å². The van der Waals surface area contributed by atoms with Crippen LogP contribution in [0.25, 0.3) is 21.8 Å². The van der Waals surface area contributed by atoms with E-state index in [1.54, 1.807) is 0 Å². The Kier molecular flexibility index (Phi) is 8.29. The van der Waals surface area contributed by atoms with Gasteiger partial charge in [-0.2, -0.15) is 0 Å². The number of para-hydroxylation sites is 2. The number of fused-ring (bicyclic) bond motifs is 2. The molecule has 1 N–H and O–H groups in total. The zero-order valence-electron chi connectivity index (χ0n) is 21.4. The van der Waals surface area contributed by atoms with Gasteiger partial charge in [0, 0.05) is 25.1 Å². The number of halogens is 1. The van der Waals surface area contributed by atoms with Gasteiger partial charge in [0.25, 0.3) is 5.91 Å². The predicted octanol–water partition coefficient (Wildman–Crippen LogP) is 6.94. The van der Waals surface area contributed by atoms with Crippen molar-refractivity contribution in [3.8, 4) is 5.75 Å². The largest absolute Gasteiger partial charge is 0.494 e. The molecule has 0 aliphatic heterocycles. The summed E-state index contributed by atoms with van der Waals surface area (Å²) in [6, 6.07) is 28.4. The molecule has 5 nitrogen and oxygen atoms in total. The van der Waals surface area contributed by atoms with Crippen LogP contribution in [0.2, 0.25) is 0 Å². The normalized spacial score (nSPS) is 11.2. The van der Waals surface area contributed by atoms with Crippen LogP contribution in [0, 0.1) is 5.82 Å². The first-order valence-corrected chi connectivity index (χ1v) is 13.3. The molecule has 1 amide bonds. The van der Waals surface area contributed by atoms with Gasteiger partial charge in [0.1, 0.15) is 17.4 Å². The third-order valence-corrected chi connectivity index (χ3v) is 6.72. The SMILES string of the molecule is O=C(NCCCCCc1nc2ccccc2n1CCCOc1ccc2ccccc2c1)c1ccc(F)cc1. The molecule has 0 atom stereocenters. The molecule has 1 heterocycles. The zero-order valence-corrected chi connectivity index (χ0v) is 21.4. The van der Waals surface area contributed by atoms with Crippen molar-refractivity contribution in [3.63, 3.8) is 0 Å². The molecular formula is C32H32FN3O2. The van der Waals surface area contributed by atoms with Gasteiger partial charge in [0.05, 0.1) is 17.6 Å². The van der Waals surface area contributed by atoms with Crippen LogP contribution in [0.15, 0.2) is 91.0 Å². The molecule has 5 aromatic rings. The minimum atomic E-state index is -0.343. The molecule has 6 heteroatoms. The maximum atomic E-state index is 13.0. The molecule has 0 unspecified atom stereocenters. The average Bonchev–Trinajstić information content (AvgIpc) is 3.30. The number of aromatic nitrogens is 2. The van der Waals surface area contributed by atoms with Crippen LogP contribution in [0.3, 0.4) is 0 Å². The zero-order chi connectivity index (χ0) is 26.2. The molecular weight excluding hydrogens is 477 g/mol. The predicted molar refractivity (Wildman–Crippen MR) is 150 cm³/mol. The number of aryl methyl sites for hydroxylation is 2. The van der Waals surface area contributed by atoms with E-state index in [0.717, 1.165) is 61.3 Å². The summed E-state index contributed by atoms with van der Waals surface area (Å²) >= 11 is 0. The summed E-state index contributed by atoms with van der Waals surface area (Å²) in [4.78, 5) is 17.1. The second-order valence-electron chi connectivity index (χ2n) is 9.45. The van der Waals surface area contributed by atoms with Crippen molar-refractivity contribution < 1.29 is 13.9 Å². The quantitative estimate of drug-likeness (QED) is 0.185. The Morgan fingerprint density at radius 3 is 2.50 bits per heavy atom. The highest BCUT2D eigenvalue weighted by atomic mass is 19.1. The average molecular weight is 510 g/mol. The number of hydrogen-bond donors (Lipinski definition) is 1. The number of unbranched alkanes of at least 4 members (excludes halogenated alkanes) is 2. The van der Waals surface area contributed by atoms with Gasteiger partial charge in [0.15, 0.2) is 0 Å². The van der Waals surface area contributed by atoms with Crippen molar-refractivity contribution in [2.45, 2.75) is 38.6 Å². The number of rotatable bonds is 12. The molecule has 0 spiro atoms.